The van der Waals surface area contributed by atoms with Gasteiger partial charge in [0, 0.05) is 30.8 Å². The van der Waals surface area contributed by atoms with Crippen molar-refractivity contribution in [1.82, 2.24) is 19.7 Å². The number of esters is 1. The van der Waals surface area contributed by atoms with Gasteiger partial charge in [-0.2, -0.15) is 5.10 Å². The minimum absolute atomic E-state index is 0.0743. The average molecular weight is 606 g/mol. The zero-order valence-electron chi connectivity index (χ0n) is 21.4. The molecule has 1 saturated carbocycles. The monoisotopic (exact) mass is 605 g/mol. The van der Waals surface area contributed by atoms with Crippen molar-refractivity contribution >= 4 is 40.5 Å². The standard InChI is InChI=1S/C25H28ClF4N5O4S/c26-14-3-1-2-4-19(14)38-25(37)20-10-15(33-39-20)17-12-40-24(31-17)13-5-7-34(8-6-13)21(36)11-35-18(23(29)30)9-16(32-35)22(27)28/h9,12-14,19-20,22-23H,1-8,10-11H2. The zero-order chi connectivity index (χ0) is 28.4. The van der Waals surface area contributed by atoms with E-state index >= 15 is 0 Å². The summed E-state index contributed by atoms with van der Waals surface area (Å²) in [4.78, 5) is 36.8. The smallest absolute Gasteiger partial charge is 0.350 e. The highest BCUT2D eigenvalue weighted by Gasteiger charge is 2.36. The van der Waals surface area contributed by atoms with Gasteiger partial charge in [0.25, 0.3) is 12.9 Å². The molecular formula is C25H28ClF4N5O4S. The van der Waals surface area contributed by atoms with Crippen molar-refractivity contribution in [3.63, 3.8) is 0 Å². The van der Waals surface area contributed by atoms with Crippen LogP contribution < -0.4 is 0 Å². The highest BCUT2D eigenvalue weighted by molar-refractivity contribution is 7.10. The van der Waals surface area contributed by atoms with Crippen LogP contribution in [0.5, 0.6) is 0 Å². The number of oxime groups is 1. The van der Waals surface area contributed by atoms with Crippen LogP contribution in [0.15, 0.2) is 16.6 Å². The average Bonchev–Trinajstić information content (AvgIpc) is 3.69. The Labute approximate surface area is 236 Å². The molecule has 2 aromatic rings. The maximum atomic E-state index is 13.2. The number of nitrogens with zero attached hydrogens (tertiary/aromatic N) is 5. The predicted molar refractivity (Wildman–Crippen MR) is 137 cm³/mol. The molecule has 2 aromatic heterocycles. The molecule has 40 heavy (non-hydrogen) atoms. The number of thiazole rings is 1. The Balaban J connectivity index is 1.12. The lowest BCUT2D eigenvalue weighted by molar-refractivity contribution is -0.162. The van der Waals surface area contributed by atoms with Gasteiger partial charge in [0.1, 0.15) is 29.7 Å². The molecule has 2 fully saturated rings. The van der Waals surface area contributed by atoms with E-state index in [-0.39, 0.29) is 23.8 Å². The van der Waals surface area contributed by atoms with Gasteiger partial charge in [-0.05, 0) is 38.2 Å². The molecular weight excluding hydrogens is 578 g/mol. The van der Waals surface area contributed by atoms with Gasteiger partial charge < -0.3 is 14.5 Å². The van der Waals surface area contributed by atoms with Gasteiger partial charge in [-0.15, -0.1) is 22.9 Å². The van der Waals surface area contributed by atoms with E-state index in [2.05, 4.69) is 15.2 Å². The lowest BCUT2D eigenvalue weighted by Gasteiger charge is -2.31. The summed E-state index contributed by atoms with van der Waals surface area (Å²) in [6, 6.07) is 0.631. The van der Waals surface area contributed by atoms with Crippen LogP contribution in [-0.4, -0.2) is 67.9 Å². The Bertz CT molecular complexity index is 1250. The molecule has 1 aliphatic carbocycles. The lowest BCUT2D eigenvalue weighted by atomic mass is 9.97. The van der Waals surface area contributed by atoms with Crippen LogP contribution in [0.3, 0.4) is 0 Å². The summed E-state index contributed by atoms with van der Waals surface area (Å²) in [6.07, 6.45) is -2.20. The Morgan fingerprint density at radius 3 is 2.58 bits per heavy atom. The Morgan fingerprint density at radius 1 is 1.12 bits per heavy atom. The zero-order valence-corrected chi connectivity index (χ0v) is 22.9. The molecule has 0 bridgehead atoms. The molecule has 9 nitrogen and oxygen atoms in total. The summed E-state index contributed by atoms with van der Waals surface area (Å²) < 4.78 is 58.5. The van der Waals surface area contributed by atoms with Crippen molar-refractivity contribution in [3.05, 3.63) is 33.5 Å². The van der Waals surface area contributed by atoms with Gasteiger partial charge >= 0.3 is 5.97 Å². The van der Waals surface area contributed by atoms with Crippen molar-refractivity contribution in [2.24, 2.45) is 5.16 Å². The highest BCUT2D eigenvalue weighted by Crippen LogP contribution is 2.32. The minimum Gasteiger partial charge on any atom is -0.458 e. The predicted octanol–water partition coefficient (Wildman–Crippen LogP) is 5.21. The third-order valence-corrected chi connectivity index (χ3v) is 8.90. The Kier molecular flexibility index (Phi) is 8.93. The van der Waals surface area contributed by atoms with Crippen LogP contribution in [-0.2, 0) is 25.7 Å². The second-order valence-electron chi connectivity index (χ2n) is 10.1. The fourth-order valence-electron chi connectivity index (χ4n) is 5.14. The third-order valence-electron chi connectivity index (χ3n) is 7.40. The number of aromatic nitrogens is 3. The molecule has 3 unspecified atom stereocenters. The molecule has 5 rings (SSSR count). The molecule has 0 N–H and O–H groups in total. The first kappa shape index (κ1) is 28.8. The number of piperidine rings is 1. The number of rotatable bonds is 8. The maximum absolute atomic E-state index is 13.2. The summed E-state index contributed by atoms with van der Waals surface area (Å²) in [7, 11) is 0. The Hall–Kier alpha value is -2.74. The second kappa shape index (κ2) is 12.4. The molecule has 0 aromatic carbocycles. The first-order valence-corrected chi connectivity index (χ1v) is 14.5. The van der Waals surface area contributed by atoms with E-state index in [1.807, 2.05) is 5.38 Å². The fourth-order valence-corrected chi connectivity index (χ4v) is 6.47. The SMILES string of the molecule is O=C(OC1CCCCC1Cl)C1CC(c2csc(C3CCN(C(=O)Cn4nc(C(F)F)cc4C(F)F)CC3)n2)=NO1. The summed E-state index contributed by atoms with van der Waals surface area (Å²) >= 11 is 7.74. The van der Waals surface area contributed by atoms with Gasteiger partial charge in [-0.1, -0.05) is 11.6 Å². The number of ether oxygens (including phenoxy) is 1. The van der Waals surface area contributed by atoms with Crippen molar-refractivity contribution in [2.45, 2.75) is 87.8 Å². The number of amides is 1. The fraction of sp³-hybridized carbons (Fsp3) is 0.640. The molecule has 15 heteroatoms. The molecule has 0 spiro atoms. The van der Waals surface area contributed by atoms with Gasteiger partial charge in [0.05, 0.1) is 16.1 Å². The van der Waals surface area contributed by atoms with Crippen molar-refractivity contribution in [3.8, 4) is 0 Å². The van der Waals surface area contributed by atoms with E-state index < -0.39 is 48.8 Å². The molecule has 4 heterocycles. The van der Waals surface area contributed by atoms with E-state index in [0.717, 1.165) is 30.7 Å². The van der Waals surface area contributed by atoms with Gasteiger partial charge in [0.2, 0.25) is 12.0 Å². The van der Waals surface area contributed by atoms with Crippen LogP contribution in [0.2, 0.25) is 0 Å². The number of halogens is 5. The topological polar surface area (TPSA) is 98.9 Å². The summed E-state index contributed by atoms with van der Waals surface area (Å²) in [6.45, 7) is 0.201. The number of likely N-dealkylation sites (tertiary alicyclic amines) is 1. The van der Waals surface area contributed by atoms with Gasteiger partial charge in [0.15, 0.2) is 0 Å². The summed E-state index contributed by atoms with van der Waals surface area (Å²) in [5.74, 6) is -0.872. The molecule has 1 amide bonds. The number of carbonyl (C=O) groups is 2. The van der Waals surface area contributed by atoms with Crippen molar-refractivity contribution in [2.75, 3.05) is 13.1 Å². The first-order valence-electron chi connectivity index (χ1n) is 13.1. The molecule has 3 atom stereocenters. The summed E-state index contributed by atoms with van der Waals surface area (Å²) in [5, 5.41) is 10.1. The number of hydrogen-bond donors (Lipinski definition) is 0. The normalized spacial score (nSPS) is 23.9. The van der Waals surface area contributed by atoms with E-state index in [4.69, 9.17) is 21.2 Å². The molecule has 3 aliphatic rings. The molecule has 0 radical (unpaired) electrons. The first-order chi connectivity index (χ1) is 19.2. The van der Waals surface area contributed by atoms with Crippen LogP contribution in [0, 0.1) is 0 Å². The van der Waals surface area contributed by atoms with E-state index in [1.54, 1.807) is 0 Å². The van der Waals surface area contributed by atoms with Crippen LogP contribution in [0.4, 0.5) is 17.6 Å². The highest BCUT2D eigenvalue weighted by atomic mass is 35.5. The molecule has 1 saturated heterocycles. The van der Waals surface area contributed by atoms with E-state index in [1.165, 1.54) is 16.2 Å². The Morgan fingerprint density at radius 2 is 1.88 bits per heavy atom. The quantitative estimate of drug-likeness (QED) is 0.233. The molecule has 2 aliphatic heterocycles. The van der Waals surface area contributed by atoms with Crippen LogP contribution in [0.25, 0.3) is 0 Å². The number of hydrogen-bond acceptors (Lipinski definition) is 8. The van der Waals surface area contributed by atoms with Gasteiger partial charge in [-0.3, -0.25) is 9.48 Å². The third kappa shape index (κ3) is 6.42. The maximum Gasteiger partial charge on any atom is 0.350 e. The largest absolute Gasteiger partial charge is 0.458 e. The van der Waals surface area contributed by atoms with E-state index in [9.17, 15) is 27.2 Å². The summed E-state index contributed by atoms with van der Waals surface area (Å²) in [5.41, 5.74) is -0.314. The van der Waals surface area contributed by atoms with Crippen LogP contribution in [0.1, 0.15) is 85.8 Å². The number of carbonyl (C=O) groups excluding carboxylic acids is 2. The van der Waals surface area contributed by atoms with Crippen molar-refractivity contribution < 1.29 is 36.7 Å². The van der Waals surface area contributed by atoms with Crippen molar-refractivity contribution in [1.29, 1.82) is 0 Å². The van der Waals surface area contributed by atoms with Gasteiger partial charge in [-0.25, -0.2) is 27.3 Å². The van der Waals surface area contributed by atoms with E-state index in [0.29, 0.717) is 48.1 Å². The van der Waals surface area contributed by atoms with Crippen LogP contribution >= 0.6 is 22.9 Å². The number of alkyl halides is 5. The second-order valence-corrected chi connectivity index (χ2v) is 11.5. The minimum atomic E-state index is -3.02. The lowest BCUT2D eigenvalue weighted by Crippen LogP contribution is -2.40. The molecule has 218 valence electrons.